The Bertz CT molecular complexity index is 938. The van der Waals surface area contributed by atoms with Gasteiger partial charge in [0, 0.05) is 49.9 Å². The minimum Gasteiger partial charge on any atom is -0.334 e. The second-order valence-corrected chi connectivity index (χ2v) is 8.90. The van der Waals surface area contributed by atoms with Crippen LogP contribution in [0.25, 0.3) is 0 Å². The van der Waals surface area contributed by atoms with Gasteiger partial charge in [-0.05, 0) is 37.1 Å². The smallest absolute Gasteiger partial charge is 0.254 e. The second-order valence-electron chi connectivity index (χ2n) is 6.96. The first kappa shape index (κ1) is 18.1. The third kappa shape index (κ3) is 3.59. The molecule has 2 aliphatic heterocycles. The molecule has 2 aromatic rings. The molecular formula is C19H22N4O3S. The molecule has 8 heteroatoms. The van der Waals surface area contributed by atoms with Gasteiger partial charge in [0.2, 0.25) is 10.0 Å². The number of piperidine rings is 1. The quantitative estimate of drug-likeness (QED) is 0.804. The summed E-state index contributed by atoms with van der Waals surface area (Å²) in [6.07, 6.45) is 6.84. The highest BCUT2D eigenvalue weighted by atomic mass is 32.2. The van der Waals surface area contributed by atoms with Crippen molar-refractivity contribution in [3.63, 3.8) is 0 Å². The lowest BCUT2D eigenvalue weighted by Crippen LogP contribution is -2.36. The zero-order chi connectivity index (χ0) is 18.9. The first-order valence-electron chi connectivity index (χ1n) is 9.23. The summed E-state index contributed by atoms with van der Waals surface area (Å²) in [6.45, 7) is 2.20. The van der Waals surface area contributed by atoms with E-state index in [-0.39, 0.29) is 10.8 Å². The molecule has 27 heavy (non-hydrogen) atoms. The summed E-state index contributed by atoms with van der Waals surface area (Å²) in [7, 11) is -3.48. The van der Waals surface area contributed by atoms with Gasteiger partial charge < -0.3 is 4.90 Å². The van der Waals surface area contributed by atoms with E-state index < -0.39 is 10.0 Å². The normalized spacial score (nSPS) is 18.1. The minimum absolute atomic E-state index is 0.105. The van der Waals surface area contributed by atoms with Crippen LogP contribution < -0.4 is 0 Å². The van der Waals surface area contributed by atoms with E-state index in [1.807, 2.05) is 0 Å². The zero-order valence-electron chi connectivity index (χ0n) is 15.0. The van der Waals surface area contributed by atoms with Gasteiger partial charge >= 0.3 is 0 Å². The van der Waals surface area contributed by atoms with Crippen LogP contribution >= 0.6 is 0 Å². The molecule has 0 unspecified atom stereocenters. The summed E-state index contributed by atoms with van der Waals surface area (Å²) in [5.41, 5.74) is 2.44. The van der Waals surface area contributed by atoms with Crippen LogP contribution in [0.3, 0.4) is 0 Å². The number of fused-ring (bicyclic) bond motifs is 1. The molecule has 0 atom stereocenters. The van der Waals surface area contributed by atoms with Gasteiger partial charge in [-0.2, -0.15) is 4.31 Å². The van der Waals surface area contributed by atoms with E-state index in [9.17, 15) is 13.2 Å². The van der Waals surface area contributed by atoms with Crippen molar-refractivity contribution in [1.82, 2.24) is 19.2 Å². The molecule has 1 aromatic carbocycles. The largest absolute Gasteiger partial charge is 0.334 e. The fraction of sp³-hybridized carbons (Fsp3) is 0.421. The SMILES string of the molecule is O=C(c1ccc(S(=O)(=O)N2CCCCC2)cc1)N1CCc2ncncc2C1. The first-order valence-corrected chi connectivity index (χ1v) is 10.7. The van der Waals surface area contributed by atoms with Crippen LogP contribution in [-0.2, 0) is 23.0 Å². The molecule has 142 valence electrons. The van der Waals surface area contributed by atoms with Crippen LogP contribution in [0.2, 0.25) is 0 Å². The average molecular weight is 386 g/mol. The predicted molar refractivity (Wildman–Crippen MR) is 99.5 cm³/mol. The van der Waals surface area contributed by atoms with Crippen LogP contribution in [0.15, 0.2) is 41.7 Å². The van der Waals surface area contributed by atoms with E-state index in [4.69, 9.17) is 0 Å². The van der Waals surface area contributed by atoms with Gasteiger partial charge in [0.15, 0.2) is 0 Å². The topological polar surface area (TPSA) is 83.5 Å². The van der Waals surface area contributed by atoms with E-state index in [1.54, 1.807) is 23.2 Å². The second kappa shape index (κ2) is 7.36. The van der Waals surface area contributed by atoms with Gasteiger partial charge in [0.25, 0.3) is 5.91 Å². The van der Waals surface area contributed by atoms with Crippen LogP contribution in [0.4, 0.5) is 0 Å². The van der Waals surface area contributed by atoms with Crippen LogP contribution in [0.1, 0.15) is 40.9 Å². The number of benzene rings is 1. The summed E-state index contributed by atoms with van der Waals surface area (Å²) in [6, 6.07) is 6.29. The molecule has 0 N–H and O–H groups in total. The number of carbonyl (C=O) groups excluding carboxylic acids is 1. The zero-order valence-corrected chi connectivity index (χ0v) is 15.9. The van der Waals surface area contributed by atoms with Crippen molar-refractivity contribution >= 4 is 15.9 Å². The van der Waals surface area contributed by atoms with Crippen molar-refractivity contribution in [3.05, 3.63) is 53.6 Å². The molecule has 1 amide bonds. The Hall–Kier alpha value is -2.32. The highest BCUT2D eigenvalue weighted by Crippen LogP contribution is 2.22. The monoisotopic (exact) mass is 386 g/mol. The molecular weight excluding hydrogens is 364 g/mol. The number of rotatable bonds is 3. The summed E-state index contributed by atoms with van der Waals surface area (Å²) in [4.78, 5) is 23.1. The van der Waals surface area contributed by atoms with E-state index in [0.29, 0.717) is 38.2 Å². The maximum Gasteiger partial charge on any atom is 0.254 e. The number of nitrogens with zero attached hydrogens (tertiary/aromatic N) is 4. The number of carbonyl (C=O) groups is 1. The Kier molecular flexibility index (Phi) is 4.92. The highest BCUT2D eigenvalue weighted by molar-refractivity contribution is 7.89. The fourth-order valence-electron chi connectivity index (χ4n) is 3.65. The molecule has 0 radical (unpaired) electrons. The third-order valence-corrected chi connectivity index (χ3v) is 7.12. The molecule has 0 saturated carbocycles. The van der Waals surface area contributed by atoms with Gasteiger partial charge in [-0.15, -0.1) is 0 Å². The van der Waals surface area contributed by atoms with Crippen molar-refractivity contribution in [2.24, 2.45) is 0 Å². The van der Waals surface area contributed by atoms with Crippen molar-refractivity contribution in [2.75, 3.05) is 19.6 Å². The molecule has 4 rings (SSSR count). The Morgan fingerprint density at radius 1 is 1.00 bits per heavy atom. The molecule has 0 aliphatic carbocycles. The lowest BCUT2D eigenvalue weighted by Gasteiger charge is -2.28. The van der Waals surface area contributed by atoms with Gasteiger partial charge in [0.1, 0.15) is 6.33 Å². The van der Waals surface area contributed by atoms with E-state index in [0.717, 1.165) is 30.5 Å². The highest BCUT2D eigenvalue weighted by Gasteiger charge is 2.27. The number of hydrogen-bond acceptors (Lipinski definition) is 5. The van der Waals surface area contributed by atoms with E-state index in [2.05, 4.69) is 9.97 Å². The minimum atomic E-state index is -3.48. The Morgan fingerprint density at radius 3 is 2.48 bits per heavy atom. The summed E-state index contributed by atoms with van der Waals surface area (Å²) in [5.74, 6) is -0.105. The van der Waals surface area contributed by atoms with Gasteiger partial charge in [-0.25, -0.2) is 18.4 Å². The predicted octanol–water partition coefficient (Wildman–Crippen LogP) is 1.85. The number of hydrogen-bond donors (Lipinski definition) is 0. The number of aromatic nitrogens is 2. The third-order valence-electron chi connectivity index (χ3n) is 5.20. The van der Waals surface area contributed by atoms with Crippen LogP contribution in [0, 0.1) is 0 Å². The molecule has 2 aliphatic rings. The lowest BCUT2D eigenvalue weighted by atomic mass is 10.1. The molecule has 0 spiro atoms. The maximum absolute atomic E-state index is 12.8. The van der Waals surface area contributed by atoms with Crippen molar-refractivity contribution in [2.45, 2.75) is 37.1 Å². The molecule has 1 aromatic heterocycles. The Morgan fingerprint density at radius 2 is 1.74 bits per heavy atom. The molecule has 7 nitrogen and oxygen atoms in total. The molecule has 1 saturated heterocycles. The van der Waals surface area contributed by atoms with Gasteiger partial charge in [-0.1, -0.05) is 6.42 Å². The van der Waals surface area contributed by atoms with Crippen molar-refractivity contribution < 1.29 is 13.2 Å². The summed E-state index contributed by atoms with van der Waals surface area (Å²) >= 11 is 0. The fourth-order valence-corrected chi connectivity index (χ4v) is 5.16. The molecule has 3 heterocycles. The standard InChI is InChI=1S/C19H22N4O3S/c24-19(22-11-8-18-16(13-22)12-20-14-21-18)15-4-6-17(7-5-15)27(25,26)23-9-2-1-3-10-23/h4-7,12,14H,1-3,8-11,13H2. The maximum atomic E-state index is 12.8. The van der Waals surface area contributed by atoms with Crippen LogP contribution in [0.5, 0.6) is 0 Å². The molecule has 0 bridgehead atoms. The Balaban J connectivity index is 1.50. The summed E-state index contributed by atoms with van der Waals surface area (Å²) in [5, 5.41) is 0. The molecule has 1 fully saturated rings. The van der Waals surface area contributed by atoms with Gasteiger partial charge in [0.05, 0.1) is 10.6 Å². The lowest BCUT2D eigenvalue weighted by molar-refractivity contribution is 0.0733. The first-order chi connectivity index (χ1) is 13.1. The Labute approximate surface area is 159 Å². The number of sulfonamides is 1. The van der Waals surface area contributed by atoms with E-state index in [1.165, 1.54) is 22.8 Å². The van der Waals surface area contributed by atoms with Crippen LogP contribution in [-0.4, -0.2) is 53.1 Å². The van der Waals surface area contributed by atoms with Crippen molar-refractivity contribution in [1.29, 1.82) is 0 Å². The van der Waals surface area contributed by atoms with Crippen molar-refractivity contribution in [3.8, 4) is 0 Å². The summed E-state index contributed by atoms with van der Waals surface area (Å²) < 4.78 is 27.0. The van der Waals surface area contributed by atoms with E-state index >= 15 is 0 Å². The average Bonchev–Trinajstić information content (AvgIpc) is 2.73. The van der Waals surface area contributed by atoms with Gasteiger partial charge in [-0.3, -0.25) is 4.79 Å². The number of amides is 1.